The molecule has 0 unspecified atom stereocenters. The van der Waals surface area contributed by atoms with E-state index in [0.29, 0.717) is 10.2 Å². The fourth-order valence-corrected chi connectivity index (χ4v) is 3.26. The van der Waals surface area contributed by atoms with Gasteiger partial charge in [-0.2, -0.15) is 0 Å². The number of benzene rings is 1. The Bertz CT molecular complexity index is 763. The van der Waals surface area contributed by atoms with Crippen molar-refractivity contribution < 1.29 is 4.79 Å². The summed E-state index contributed by atoms with van der Waals surface area (Å²) in [5.41, 5.74) is 1.42. The Labute approximate surface area is 150 Å². The highest BCUT2D eigenvalue weighted by Crippen LogP contribution is 2.22. The molecule has 0 saturated heterocycles. The van der Waals surface area contributed by atoms with E-state index in [1.807, 2.05) is 32.0 Å². The molecule has 2 aromatic rings. The van der Waals surface area contributed by atoms with Crippen LogP contribution < -0.4 is 10.9 Å². The average Bonchev–Trinajstić information content (AvgIpc) is 2.53. The fourth-order valence-electron chi connectivity index (χ4n) is 2.26. The van der Waals surface area contributed by atoms with Crippen molar-refractivity contribution in [3.8, 4) is 0 Å². The number of aromatic amines is 1. The van der Waals surface area contributed by atoms with Crippen LogP contribution in [0.5, 0.6) is 0 Å². The molecule has 0 aliphatic heterocycles. The molecule has 1 heterocycles. The summed E-state index contributed by atoms with van der Waals surface area (Å²) in [4.78, 5) is 30.7. The zero-order valence-corrected chi connectivity index (χ0v) is 15.2. The summed E-state index contributed by atoms with van der Waals surface area (Å²) in [6.45, 7) is 3.91. The molecule has 1 atom stereocenters. The number of halogens is 1. The monoisotopic (exact) mass is 365 g/mol. The molecular formula is C17H20ClN3O2S. The van der Waals surface area contributed by atoms with Crippen molar-refractivity contribution in [3.63, 3.8) is 0 Å². The van der Waals surface area contributed by atoms with Crippen LogP contribution in [0.15, 0.2) is 40.3 Å². The van der Waals surface area contributed by atoms with Crippen molar-refractivity contribution in [2.24, 2.45) is 0 Å². The third-order valence-electron chi connectivity index (χ3n) is 3.37. The number of aromatic nitrogens is 2. The first-order valence-electron chi connectivity index (χ1n) is 7.76. The van der Waals surface area contributed by atoms with Gasteiger partial charge in [-0.1, -0.05) is 54.9 Å². The predicted molar refractivity (Wildman–Crippen MR) is 97.6 cm³/mol. The van der Waals surface area contributed by atoms with Gasteiger partial charge in [0.2, 0.25) is 5.91 Å². The fraction of sp³-hybridized carbons (Fsp3) is 0.353. The predicted octanol–water partition coefficient (Wildman–Crippen LogP) is 3.35. The molecule has 0 fully saturated rings. The Hall–Kier alpha value is -1.79. The highest BCUT2D eigenvalue weighted by Gasteiger charge is 2.13. The lowest BCUT2D eigenvalue weighted by Crippen LogP contribution is -2.28. The summed E-state index contributed by atoms with van der Waals surface area (Å²) < 4.78 is 0. The molecule has 2 rings (SSSR count). The van der Waals surface area contributed by atoms with E-state index >= 15 is 0 Å². The van der Waals surface area contributed by atoms with E-state index < -0.39 is 0 Å². The third kappa shape index (κ3) is 5.39. The smallest absolute Gasteiger partial charge is 0.251 e. The molecule has 1 aromatic carbocycles. The zero-order valence-electron chi connectivity index (χ0n) is 13.6. The number of rotatable bonds is 7. The Balaban J connectivity index is 1.94. The van der Waals surface area contributed by atoms with Gasteiger partial charge in [0.15, 0.2) is 5.16 Å². The normalized spacial score (nSPS) is 12.0. The summed E-state index contributed by atoms with van der Waals surface area (Å²) in [5.74, 6) is 0.0313. The van der Waals surface area contributed by atoms with Gasteiger partial charge in [0.05, 0.1) is 11.8 Å². The first-order chi connectivity index (χ1) is 11.5. The van der Waals surface area contributed by atoms with Crippen LogP contribution in [0, 0.1) is 0 Å². The van der Waals surface area contributed by atoms with Crippen LogP contribution >= 0.6 is 23.4 Å². The van der Waals surface area contributed by atoms with Crippen LogP contribution in [-0.4, -0.2) is 21.6 Å². The van der Waals surface area contributed by atoms with Crippen LogP contribution in [0.4, 0.5) is 0 Å². The number of hydrogen-bond donors (Lipinski definition) is 2. The van der Waals surface area contributed by atoms with Crippen molar-refractivity contribution in [2.45, 2.75) is 37.9 Å². The summed E-state index contributed by atoms with van der Waals surface area (Å²) in [6.07, 6.45) is 1.66. The molecule has 0 radical (unpaired) electrons. The lowest BCUT2D eigenvalue weighted by atomic mass is 10.1. The molecule has 7 heteroatoms. The summed E-state index contributed by atoms with van der Waals surface area (Å²) in [5, 5.41) is 3.98. The largest absolute Gasteiger partial charge is 0.349 e. The van der Waals surface area contributed by atoms with E-state index in [1.54, 1.807) is 6.07 Å². The number of nitrogens with zero attached hydrogens (tertiary/aromatic N) is 1. The van der Waals surface area contributed by atoms with Gasteiger partial charge >= 0.3 is 0 Å². The number of hydrogen-bond acceptors (Lipinski definition) is 4. The van der Waals surface area contributed by atoms with E-state index in [0.717, 1.165) is 24.1 Å². The summed E-state index contributed by atoms with van der Waals surface area (Å²) >= 11 is 7.35. The van der Waals surface area contributed by atoms with Crippen molar-refractivity contribution in [2.75, 3.05) is 5.75 Å². The zero-order chi connectivity index (χ0) is 17.5. The van der Waals surface area contributed by atoms with Crippen LogP contribution in [0.25, 0.3) is 0 Å². The lowest BCUT2D eigenvalue weighted by molar-refractivity contribution is -0.119. The van der Waals surface area contributed by atoms with E-state index in [4.69, 9.17) is 11.6 Å². The van der Waals surface area contributed by atoms with Crippen LogP contribution in [0.1, 0.15) is 37.6 Å². The van der Waals surface area contributed by atoms with Crippen molar-refractivity contribution in [1.82, 2.24) is 15.3 Å². The van der Waals surface area contributed by atoms with Crippen molar-refractivity contribution >= 4 is 29.3 Å². The maximum absolute atomic E-state index is 12.1. The number of nitrogens with one attached hydrogen (secondary N) is 2. The molecule has 1 aromatic heterocycles. The average molecular weight is 366 g/mol. The first kappa shape index (κ1) is 18.5. The van der Waals surface area contributed by atoms with Gasteiger partial charge in [-0.15, -0.1) is 0 Å². The summed E-state index contributed by atoms with van der Waals surface area (Å²) in [6, 6.07) is 8.71. The molecule has 24 heavy (non-hydrogen) atoms. The molecule has 0 aliphatic rings. The minimum Gasteiger partial charge on any atom is -0.349 e. The molecular weight excluding hydrogens is 346 g/mol. The molecule has 0 bridgehead atoms. The molecule has 0 aliphatic carbocycles. The van der Waals surface area contributed by atoms with Crippen molar-refractivity contribution in [1.29, 1.82) is 0 Å². The minimum absolute atomic E-state index is 0.143. The Kier molecular flexibility index (Phi) is 6.87. The van der Waals surface area contributed by atoms with Crippen LogP contribution in [0.3, 0.4) is 0 Å². The number of thioether (sulfide) groups is 1. The standard InChI is InChI=1S/C17H20ClN3O2S/c1-3-6-12-9-15(22)21-17(20-12)24-10-16(23)19-11(2)13-7-4-5-8-14(13)18/h4-5,7-9,11H,3,6,10H2,1-2H3,(H,19,23)(H,20,21,22)/t11-/m1/s1. The number of carbonyl (C=O) groups excluding carboxylic acids is 1. The molecule has 5 nitrogen and oxygen atoms in total. The lowest BCUT2D eigenvalue weighted by Gasteiger charge is -2.15. The van der Waals surface area contributed by atoms with E-state index in [9.17, 15) is 9.59 Å². The molecule has 1 amide bonds. The van der Waals surface area contributed by atoms with Gasteiger partial charge in [0.1, 0.15) is 0 Å². The number of amides is 1. The number of aryl methyl sites for hydroxylation is 1. The molecule has 0 spiro atoms. The molecule has 2 N–H and O–H groups in total. The Morgan fingerprint density at radius 3 is 2.88 bits per heavy atom. The highest BCUT2D eigenvalue weighted by atomic mass is 35.5. The molecule has 128 valence electrons. The minimum atomic E-state index is -0.194. The van der Waals surface area contributed by atoms with E-state index in [2.05, 4.69) is 15.3 Å². The van der Waals surface area contributed by atoms with Gasteiger partial charge < -0.3 is 10.3 Å². The third-order valence-corrected chi connectivity index (χ3v) is 4.59. The van der Waals surface area contributed by atoms with E-state index in [1.165, 1.54) is 17.8 Å². The second-order valence-corrected chi connectivity index (χ2v) is 6.76. The second kappa shape index (κ2) is 8.89. The van der Waals surface area contributed by atoms with E-state index in [-0.39, 0.29) is 23.3 Å². The van der Waals surface area contributed by atoms with Gasteiger partial charge in [-0.25, -0.2) is 4.98 Å². The first-order valence-corrected chi connectivity index (χ1v) is 9.12. The number of carbonyl (C=O) groups is 1. The maximum Gasteiger partial charge on any atom is 0.251 e. The Morgan fingerprint density at radius 2 is 2.17 bits per heavy atom. The quantitative estimate of drug-likeness (QED) is 0.583. The Morgan fingerprint density at radius 1 is 1.42 bits per heavy atom. The topological polar surface area (TPSA) is 74.8 Å². The number of H-pyrrole nitrogens is 1. The molecule has 0 saturated carbocycles. The van der Waals surface area contributed by atoms with Gasteiger partial charge in [0, 0.05) is 16.8 Å². The maximum atomic E-state index is 12.1. The van der Waals surface area contributed by atoms with Gasteiger partial charge in [-0.3, -0.25) is 9.59 Å². The van der Waals surface area contributed by atoms with Crippen LogP contribution in [0.2, 0.25) is 5.02 Å². The van der Waals surface area contributed by atoms with Crippen LogP contribution in [-0.2, 0) is 11.2 Å². The second-order valence-electron chi connectivity index (χ2n) is 5.39. The van der Waals surface area contributed by atoms with Gasteiger partial charge in [0.25, 0.3) is 5.56 Å². The summed E-state index contributed by atoms with van der Waals surface area (Å²) in [7, 11) is 0. The van der Waals surface area contributed by atoms with Gasteiger partial charge in [-0.05, 0) is 25.0 Å². The van der Waals surface area contributed by atoms with Crippen molar-refractivity contribution in [3.05, 3.63) is 57.0 Å². The highest BCUT2D eigenvalue weighted by molar-refractivity contribution is 7.99. The SMILES string of the molecule is CCCc1cc(=O)[nH]c(SCC(=O)N[C@H](C)c2ccccc2Cl)n1.